The zero-order valence-electron chi connectivity index (χ0n) is 17.3. The predicted molar refractivity (Wildman–Crippen MR) is 105 cm³/mol. The fourth-order valence-electron chi connectivity index (χ4n) is 4.83. The van der Waals surface area contributed by atoms with E-state index in [4.69, 9.17) is 4.74 Å². The first-order valence-electron chi connectivity index (χ1n) is 10.4. The van der Waals surface area contributed by atoms with Gasteiger partial charge in [0.25, 0.3) is 0 Å². The molecular formula is C20H24F4N2O5S. The Morgan fingerprint density at radius 1 is 1.12 bits per heavy atom. The molecule has 4 aliphatic rings. The first-order valence-corrected chi connectivity index (χ1v) is 12.3. The lowest BCUT2D eigenvalue weighted by molar-refractivity contribution is -0.206. The van der Waals surface area contributed by atoms with E-state index in [0.717, 1.165) is 17.2 Å². The number of amides is 1. The van der Waals surface area contributed by atoms with Crippen LogP contribution in [0, 0.1) is 11.6 Å². The van der Waals surface area contributed by atoms with Crippen LogP contribution in [-0.2, 0) is 19.6 Å². The molecule has 7 nitrogen and oxygen atoms in total. The lowest BCUT2D eigenvalue weighted by atomic mass is 9.82. The highest BCUT2D eigenvalue weighted by atomic mass is 32.2. The van der Waals surface area contributed by atoms with Crippen molar-refractivity contribution in [2.45, 2.75) is 62.3 Å². The van der Waals surface area contributed by atoms with Crippen LogP contribution in [0.5, 0.6) is 5.75 Å². The maximum absolute atomic E-state index is 14.9. The van der Waals surface area contributed by atoms with Gasteiger partial charge in [-0.3, -0.25) is 4.79 Å². The summed E-state index contributed by atoms with van der Waals surface area (Å²) in [6.45, 7) is -0.300. The van der Waals surface area contributed by atoms with E-state index in [1.807, 2.05) is 0 Å². The Balaban J connectivity index is 1.73. The molecule has 32 heavy (non-hydrogen) atoms. The van der Waals surface area contributed by atoms with Crippen LogP contribution in [0.1, 0.15) is 43.6 Å². The number of alkyl halides is 2. The van der Waals surface area contributed by atoms with Gasteiger partial charge >= 0.3 is 12.0 Å². The van der Waals surface area contributed by atoms with Crippen molar-refractivity contribution in [1.29, 1.82) is 0 Å². The van der Waals surface area contributed by atoms with E-state index < -0.39 is 57.4 Å². The minimum Gasteiger partial charge on any atom is -0.422 e. The summed E-state index contributed by atoms with van der Waals surface area (Å²) in [6.07, 6.45) is -1.75. The van der Waals surface area contributed by atoms with Crippen molar-refractivity contribution in [2.75, 3.05) is 19.4 Å². The van der Waals surface area contributed by atoms with Gasteiger partial charge in [-0.05, 0) is 44.1 Å². The highest BCUT2D eigenvalue weighted by molar-refractivity contribution is 7.88. The number of ether oxygens (including phenoxy) is 2. The number of nitrogens with zero attached hydrogens (tertiary/aromatic N) is 1. The Morgan fingerprint density at radius 3 is 2.47 bits per heavy atom. The summed E-state index contributed by atoms with van der Waals surface area (Å²) >= 11 is 0. The number of halogens is 4. The van der Waals surface area contributed by atoms with Crippen LogP contribution >= 0.6 is 0 Å². The van der Waals surface area contributed by atoms with E-state index in [1.54, 1.807) is 0 Å². The average molecular weight is 480 g/mol. The minimum absolute atomic E-state index is 0.0396. The lowest BCUT2D eigenvalue weighted by Crippen LogP contribution is -2.54. The minimum atomic E-state index is -4.45. The average Bonchev–Trinajstić information content (AvgIpc) is 3.08. The topological polar surface area (TPSA) is 84.9 Å². The third-order valence-corrected chi connectivity index (χ3v) is 7.04. The number of hydrogen-bond acceptors (Lipinski definition) is 5. The molecule has 3 heterocycles. The van der Waals surface area contributed by atoms with Gasteiger partial charge in [0.2, 0.25) is 10.0 Å². The number of carbonyl (C=O) groups is 1. The van der Waals surface area contributed by atoms with Crippen LogP contribution in [0.2, 0.25) is 0 Å². The molecule has 0 radical (unpaired) electrons. The Morgan fingerprint density at radius 2 is 1.81 bits per heavy atom. The molecule has 178 valence electrons. The molecule has 2 bridgehead atoms. The molecule has 1 amide bonds. The largest absolute Gasteiger partial charge is 0.482 e. The SMILES string of the molecule is CS(=O)(=O)N[C@H]1CCN2C(=O)C(F)(F)Oc3c(F)cc(F)cc3C3CCC(CC3)OC[C@@H]12. The van der Waals surface area contributed by atoms with Crippen molar-refractivity contribution in [3.05, 3.63) is 29.3 Å². The first kappa shape index (κ1) is 23.2. The number of hydrogen-bond donors (Lipinski definition) is 1. The molecule has 2 fully saturated rings. The van der Waals surface area contributed by atoms with Crippen LogP contribution < -0.4 is 9.46 Å². The van der Waals surface area contributed by atoms with Gasteiger partial charge in [-0.15, -0.1) is 0 Å². The Bertz CT molecular complexity index is 998. The van der Waals surface area contributed by atoms with E-state index in [2.05, 4.69) is 9.46 Å². The van der Waals surface area contributed by atoms with Crippen molar-refractivity contribution >= 4 is 15.9 Å². The highest BCUT2D eigenvalue weighted by Gasteiger charge is 2.52. The zero-order valence-corrected chi connectivity index (χ0v) is 18.1. The second kappa shape index (κ2) is 8.45. The lowest BCUT2D eigenvalue weighted by Gasteiger charge is -2.32. The molecular weight excluding hydrogens is 456 g/mol. The van der Waals surface area contributed by atoms with Gasteiger partial charge < -0.3 is 14.4 Å². The van der Waals surface area contributed by atoms with Crippen molar-refractivity contribution in [3.8, 4) is 5.75 Å². The molecule has 1 saturated heterocycles. The summed E-state index contributed by atoms with van der Waals surface area (Å²) in [5.74, 6) is -5.23. The summed E-state index contributed by atoms with van der Waals surface area (Å²) < 4.78 is 94.6. The van der Waals surface area contributed by atoms with Gasteiger partial charge in [-0.1, -0.05) is 0 Å². The fourth-order valence-corrected chi connectivity index (χ4v) is 5.65. The van der Waals surface area contributed by atoms with Crippen LogP contribution in [0.25, 0.3) is 0 Å². The molecule has 1 saturated carbocycles. The van der Waals surface area contributed by atoms with Crippen LogP contribution in [0.3, 0.4) is 0 Å². The number of nitrogens with one attached hydrogen (secondary N) is 1. The normalized spacial score (nSPS) is 30.5. The maximum atomic E-state index is 14.9. The van der Waals surface area contributed by atoms with Gasteiger partial charge in [-0.25, -0.2) is 21.9 Å². The monoisotopic (exact) mass is 480 g/mol. The summed E-state index contributed by atoms with van der Waals surface area (Å²) in [4.78, 5) is 13.6. The number of rotatable bonds is 2. The smallest absolute Gasteiger partial charge is 0.422 e. The molecule has 1 aromatic carbocycles. The molecule has 12 heteroatoms. The van der Waals surface area contributed by atoms with Gasteiger partial charge in [-0.2, -0.15) is 8.78 Å². The molecule has 0 aromatic heterocycles. The molecule has 0 unspecified atom stereocenters. The van der Waals surface area contributed by atoms with Gasteiger partial charge in [0, 0.05) is 24.2 Å². The van der Waals surface area contributed by atoms with Crippen molar-refractivity contribution in [1.82, 2.24) is 9.62 Å². The summed E-state index contributed by atoms with van der Waals surface area (Å²) in [5.41, 5.74) is -0.0396. The van der Waals surface area contributed by atoms with E-state index >= 15 is 0 Å². The molecule has 1 aromatic rings. The van der Waals surface area contributed by atoms with Crippen LogP contribution in [0.4, 0.5) is 17.6 Å². The third kappa shape index (κ3) is 4.72. The number of fused-ring (bicyclic) bond motifs is 5. The van der Waals surface area contributed by atoms with E-state index in [9.17, 15) is 30.8 Å². The Hall–Kier alpha value is -1.92. The number of sulfonamides is 1. The Labute approximate surface area is 183 Å². The van der Waals surface area contributed by atoms with Crippen molar-refractivity contribution in [2.24, 2.45) is 0 Å². The van der Waals surface area contributed by atoms with E-state index in [-0.39, 0.29) is 31.2 Å². The Kier molecular flexibility index (Phi) is 6.14. The third-order valence-electron chi connectivity index (χ3n) is 6.31. The molecule has 5 rings (SSSR count). The van der Waals surface area contributed by atoms with Crippen LogP contribution in [-0.4, -0.2) is 62.9 Å². The van der Waals surface area contributed by atoms with Gasteiger partial charge in [0.1, 0.15) is 5.82 Å². The number of carbonyl (C=O) groups excluding carboxylic acids is 1. The highest BCUT2D eigenvalue weighted by Crippen LogP contribution is 2.42. The summed E-state index contributed by atoms with van der Waals surface area (Å²) in [5, 5.41) is 0. The van der Waals surface area contributed by atoms with E-state index in [1.165, 1.54) is 0 Å². The van der Waals surface area contributed by atoms with Gasteiger partial charge in [0.15, 0.2) is 11.6 Å². The maximum Gasteiger partial charge on any atom is 0.482 e. The molecule has 1 aliphatic carbocycles. The second-order valence-corrected chi connectivity index (χ2v) is 10.4. The summed E-state index contributed by atoms with van der Waals surface area (Å²) in [7, 11) is -3.67. The standard InChI is InChI=1S/C20H24F4N2O5S/c1-32(28,29)25-16-6-7-26-17(16)10-30-13-4-2-11(3-5-13)14-8-12(21)9-15(22)18(14)31-20(23,24)19(26)27/h8-9,11,13,16-17,25H,2-7,10H2,1H3/t11?,13?,16-,17-/m0/s1. The summed E-state index contributed by atoms with van der Waals surface area (Å²) in [6, 6.07) is -0.390. The van der Waals surface area contributed by atoms with Crippen LogP contribution in [0.15, 0.2) is 12.1 Å². The van der Waals surface area contributed by atoms with E-state index in [0.29, 0.717) is 31.7 Å². The van der Waals surface area contributed by atoms with Crippen molar-refractivity contribution < 1.29 is 40.2 Å². The molecule has 0 spiro atoms. The quantitative estimate of drug-likeness (QED) is 0.658. The molecule has 3 aliphatic heterocycles. The van der Waals surface area contributed by atoms with Gasteiger partial charge in [0.05, 0.1) is 25.0 Å². The van der Waals surface area contributed by atoms with Crippen molar-refractivity contribution in [3.63, 3.8) is 0 Å². The molecule has 1 N–H and O–H groups in total. The second-order valence-electron chi connectivity index (χ2n) is 8.58. The number of benzene rings is 1. The molecule has 2 atom stereocenters. The first-order chi connectivity index (χ1) is 14.9. The predicted octanol–water partition coefficient (Wildman–Crippen LogP) is 2.51. The fraction of sp³-hybridized carbons (Fsp3) is 0.650. The zero-order chi connectivity index (χ0) is 23.3.